The highest BCUT2D eigenvalue weighted by molar-refractivity contribution is 9.10. The van der Waals surface area contributed by atoms with Crippen molar-refractivity contribution in [3.8, 4) is 22.9 Å². The molecule has 2 aromatic carbocycles. The zero-order valence-corrected chi connectivity index (χ0v) is 17.6. The molecule has 2 aromatic heterocycles. The van der Waals surface area contributed by atoms with Gasteiger partial charge in [-0.15, -0.1) is 0 Å². The van der Waals surface area contributed by atoms with E-state index < -0.39 is 11.2 Å². The Hall–Kier alpha value is -2.48. The number of hydrogen-bond acceptors (Lipinski definition) is 5. The minimum absolute atomic E-state index is 0.276. The van der Waals surface area contributed by atoms with Crippen LogP contribution in [-0.2, 0) is 11.2 Å². The maximum atomic E-state index is 11.8. The molecule has 0 spiro atoms. The smallest absolute Gasteiger partial charge is 0.342 e. The normalized spacial score (nSPS) is 12.1. The summed E-state index contributed by atoms with van der Waals surface area (Å²) < 4.78 is 19.1. The van der Waals surface area contributed by atoms with Gasteiger partial charge in [-0.1, -0.05) is 40.2 Å². The SMILES string of the molecule is Cc1ccc2c(Br)cccc2c1Oc1ncccc1-c1ccnc([S+](C)[O-])n1. The second kappa shape index (κ2) is 7.87. The fourth-order valence-corrected chi connectivity index (χ4v) is 3.86. The van der Waals surface area contributed by atoms with Crippen LogP contribution in [0.15, 0.2) is 70.6 Å². The molecule has 4 aromatic rings. The van der Waals surface area contributed by atoms with Crippen LogP contribution in [0.2, 0.25) is 0 Å². The molecule has 4 rings (SSSR count). The molecule has 0 radical (unpaired) electrons. The van der Waals surface area contributed by atoms with E-state index in [9.17, 15) is 4.55 Å². The minimum Gasteiger partial charge on any atom is -0.609 e. The first-order valence-corrected chi connectivity index (χ1v) is 10.9. The Morgan fingerprint density at radius 1 is 0.964 bits per heavy atom. The van der Waals surface area contributed by atoms with Gasteiger partial charge in [-0.05, 0) is 42.1 Å². The maximum absolute atomic E-state index is 11.8. The lowest BCUT2D eigenvalue weighted by molar-refractivity contribution is 0.466. The Balaban J connectivity index is 1.83. The molecule has 0 aliphatic rings. The molecule has 0 aliphatic heterocycles. The number of fused-ring (bicyclic) bond motifs is 1. The van der Waals surface area contributed by atoms with Gasteiger partial charge < -0.3 is 9.29 Å². The number of pyridine rings is 1. The van der Waals surface area contributed by atoms with Gasteiger partial charge in [0.1, 0.15) is 12.0 Å². The summed E-state index contributed by atoms with van der Waals surface area (Å²) >= 11 is 2.33. The van der Waals surface area contributed by atoms with Crippen molar-refractivity contribution < 1.29 is 9.29 Å². The van der Waals surface area contributed by atoms with Crippen LogP contribution in [0, 0.1) is 6.92 Å². The molecule has 140 valence electrons. The van der Waals surface area contributed by atoms with Crippen molar-refractivity contribution in [1.82, 2.24) is 15.0 Å². The summed E-state index contributed by atoms with van der Waals surface area (Å²) in [4.78, 5) is 12.9. The van der Waals surface area contributed by atoms with E-state index in [1.807, 2.05) is 43.3 Å². The highest BCUT2D eigenvalue weighted by Gasteiger charge is 2.16. The number of aryl methyl sites for hydroxylation is 1. The maximum Gasteiger partial charge on any atom is 0.342 e. The zero-order valence-electron chi connectivity index (χ0n) is 15.2. The molecule has 0 fully saturated rings. The van der Waals surface area contributed by atoms with Gasteiger partial charge in [-0.3, -0.25) is 0 Å². The van der Waals surface area contributed by atoms with Gasteiger partial charge in [0.2, 0.25) is 5.88 Å². The second-order valence-corrected chi connectivity index (χ2v) is 8.31. The second-order valence-electron chi connectivity index (χ2n) is 6.18. The van der Waals surface area contributed by atoms with Crippen LogP contribution < -0.4 is 4.74 Å². The predicted octanol–water partition coefficient (Wildman–Crippen LogP) is 5.29. The van der Waals surface area contributed by atoms with Crippen LogP contribution in [0.5, 0.6) is 11.6 Å². The van der Waals surface area contributed by atoms with E-state index >= 15 is 0 Å². The molecule has 0 bridgehead atoms. The molecule has 28 heavy (non-hydrogen) atoms. The molecule has 0 aliphatic carbocycles. The summed E-state index contributed by atoms with van der Waals surface area (Å²) in [6, 6.07) is 15.5. The summed E-state index contributed by atoms with van der Waals surface area (Å²) in [5.41, 5.74) is 2.32. The van der Waals surface area contributed by atoms with Crippen LogP contribution in [0.3, 0.4) is 0 Å². The highest BCUT2D eigenvalue weighted by atomic mass is 79.9. The lowest BCUT2D eigenvalue weighted by Crippen LogP contribution is -2.04. The largest absolute Gasteiger partial charge is 0.609 e. The van der Waals surface area contributed by atoms with Gasteiger partial charge in [0, 0.05) is 33.4 Å². The Morgan fingerprint density at radius 3 is 2.64 bits per heavy atom. The average molecular weight is 454 g/mol. The lowest BCUT2D eigenvalue weighted by Gasteiger charge is -2.14. The van der Waals surface area contributed by atoms with E-state index in [2.05, 4.69) is 36.9 Å². The molecule has 0 saturated heterocycles. The van der Waals surface area contributed by atoms with Crippen LogP contribution in [0.1, 0.15) is 5.56 Å². The van der Waals surface area contributed by atoms with Crippen LogP contribution >= 0.6 is 15.9 Å². The van der Waals surface area contributed by atoms with Gasteiger partial charge in [0.05, 0.1) is 11.3 Å². The van der Waals surface area contributed by atoms with Gasteiger partial charge in [0.25, 0.3) is 0 Å². The van der Waals surface area contributed by atoms with Gasteiger partial charge >= 0.3 is 5.16 Å². The Kier molecular flexibility index (Phi) is 5.30. The summed E-state index contributed by atoms with van der Waals surface area (Å²) in [5, 5.41) is 2.33. The number of nitrogens with zero attached hydrogens (tertiary/aromatic N) is 3. The van der Waals surface area contributed by atoms with Crippen molar-refractivity contribution >= 4 is 37.9 Å². The number of rotatable bonds is 4. The minimum atomic E-state index is -1.27. The number of aromatic nitrogens is 3. The van der Waals surface area contributed by atoms with Crippen LogP contribution in [0.25, 0.3) is 22.0 Å². The first kappa shape index (κ1) is 18.9. The molecule has 5 nitrogen and oxygen atoms in total. The van der Waals surface area contributed by atoms with E-state index in [4.69, 9.17) is 4.74 Å². The first-order valence-electron chi connectivity index (χ1n) is 8.52. The van der Waals surface area contributed by atoms with E-state index in [0.717, 1.165) is 26.6 Å². The van der Waals surface area contributed by atoms with Crippen molar-refractivity contribution in [2.24, 2.45) is 0 Å². The quantitative estimate of drug-likeness (QED) is 0.310. The van der Waals surface area contributed by atoms with E-state index in [1.54, 1.807) is 24.7 Å². The summed E-state index contributed by atoms with van der Waals surface area (Å²) in [7, 11) is 0. The van der Waals surface area contributed by atoms with Crippen molar-refractivity contribution in [2.75, 3.05) is 6.26 Å². The van der Waals surface area contributed by atoms with Gasteiger partial charge in [-0.25, -0.2) is 4.98 Å². The molecular formula is C21H16BrN3O2S. The fourth-order valence-electron chi connectivity index (χ4n) is 2.93. The predicted molar refractivity (Wildman–Crippen MR) is 114 cm³/mol. The number of ether oxygens (including phenoxy) is 1. The van der Waals surface area contributed by atoms with E-state index in [-0.39, 0.29) is 5.16 Å². The van der Waals surface area contributed by atoms with Crippen molar-refractivity contribution in [3.05, 3.63) is 71.0 Å². The summed E-state index contributed by atoms with van der Waals surface area (Å²) in [5.74, 6) is 1.18. The van der Waals surface area contributed by atoms with Crippen molar-refractivity contribution in [2.45, 2.75) is 12.1 Å². The van der Waals surface area contributed by atoms with Crippen molar-refractivity contribution in [3.63, 3.8) is 0 Å². The molecule has 1 atom stereocenters. The highest BCUT2D eigenvalue weighted by Crippen LogP contribution is 2.38. The third-order valence-electron chi connectivity index (χ3n) is 4.29. The molecule has 1 unspecified atom stereocenters. The topological polar surface area (TPSA) is 71.0 Å². The molecule has 2 heterocycles. The Bertz CT molecular complexity index is 1170. The number of hydrogen-bond donors (Lipinski definition) is 0. The zero-order chi connectivity index (χ0) is 19.7. The number of halogens is 1. The standard InChI is InChI=1S/C21H16BrN3O2S/c1-13-8-9-14-15(5-3-7-17(14)22)19(13)27-20-16(6-4-11-23-20)18-10-12-24-21(25-18)28(2)26/h3-12H,1-2H3. The van der Waals surface area contributed by atoms with E-state index in [1.165, 1.54) is 0 Å². The third-order valence-corrected chi connectivity index (χ3v) is 5.69. The Labute approximate surface area is 174 Å². The van der Waals surface area contributed by atoms with Gasteiger partial charge in [0.15, 0.2) is 0 Å². The molecule has 7 heteroatoms. The molecular weight excluding hydrogens is 438 g/mol. The third kappa shape index (κ3) is 3.61. The number of benzene rings is 2. The summed E-state index contributed by atoms with van der Waals surface area (Å²) in [6.07, 6.45) is 4.82. The molecule has 0 saturated carbocycles. The van der Waals surface area contributed by atoms with Gasteiger partial charge in [-0.2, -0.15) is 9.97 Å². The van der Waals surface area contributed by atoms with E-state index in [0.29, 0.717) is 17.1 Å². The lowest BCUT2D eigenvalue weighted by atomic mass is 10.1. The first-order chi connectivity index (χ1) is 13.5. The summed E-state index contributed by atoms with van der Waals surface area (Å²) in [6.45, 7) is 2.00. The Morgan fingerprint density at radius 2 is 1.82 bits per heavy atom. The van der Waals surface area contributed by atoms with Crippen LogP contribution in [0.4, 0.5) is 0 Å². The average Bonchev–Trinajstić information content (AvgIpc) is 2.71. The van der Waals surface area contributed by atoms with Crippen LogP contribution in [-0.4, -0.2) is 25.8 Å². The molecule has 0 N–H and O–H groups in total. The molecule has 0 amide bonds. The fraction of sp³-hybridized carbons (Fsp3) is 0.0952. The monoisotopic (exact) mass is 453 g/mol. The van der Waals surface area contributed by atoms with Crippen molar-refractivity contribution in [1.29, 1.82) is 0 Å².